The number of hydrogen-bond acceptors (Lipinski definition) is 3. The van der Waals surface area contributed by atoms with Crippen LogP contribution in [0.2, 0.25) is 0 Å². The second kappa shape index (κ2) is 4.48. The molecule has 2 N–H and O–H groups in total. The lowest BCUT2D eigenvalue weighted by atomic mass is 10.4. The van der Waals surface area contributed by atoms with Crippen molar-refractivity contribution in [2.75, 3.05) is 0 Å². The average molecular weight is 284 g/mol. The third-order valence-electron chi connectivity index (χ3n) is 1.95. The van der Waals surface area contributed by atoms with Crippen LogP contribution in [0.1, 0.15) is 16.3 Å². The monoisotopic (exact) mass is 283 g/mol. The Morgan fingerprint density at radius 3 is 3.06 bits per heavy atom. The molecule has 7 heteroatoms. The van der Waals surface area contributed by atoms with Gasteiger partial charge in [-0.05, 0) is 22.0 Å². The van der Waals surface area contributed by atoms with Crippen molar-refractivity contribution >= 4 is 21.8 Å². The Bertz CT molecular complexity index is 503. The van der Waals surface area contributed by atoms with Gasteiger partial charge in [0.15, 0.2) is 5.82 Å². The summed E-state index contributed by atoms with van der Waals surface area (Å²) < 4.78 is 2.43. The smallest absolute Gasteiger partial charge is 0.268 e. The van der Waals surface area contributed by atoms with Crippen molar-refractivity contribution in [2.45, 2.75) is 6.54 Å². The van der Waals surface area contributed by atoms with Crippen molar-refractivity contribution in [3.63, 3.8) is 0 Å². The van der Waals surface area contributed by atoms with E-state index in [-0.39, 0.29) is 5.91 Å². The topological polar surface area (TPSA) is 75.6 Å². The van der Waals surface area contributed by atoms with Gasteiger partial charge >= 0.3 is 0 Å². The predicted octanol–water partition coefficient (Wildman–Crippen LogP) is 0.836. The number of nitrogens with one attached hydrogen (secondary N) is 2. The lowest BCUT2D eigenvalue weighted by molar-refractivity contribution is 0.0945. The zero-order valence-corrected chi connectivity index (χ0v) is 10.2. The molecule has 0 fully saturated rings. The Balaban J connectivity index is 1.93. The van der Waals surface area contributed by atoms with E-state index < -0.39 is 0 Å². The Labute approximate surface area is 100 Å². The highest BCUT2D eigenvalue weighted by molar-refractivity contribution is 9.10. The number of aromatic amines is 1. The van der Waals surface area contributed by atoms with E-state index in [1.807, 2.05) is 0 Å². The van der Waals surface area contributed by atoms with E-state index in [2.05, 4.69) is 36.3 Å². The Kier molecular flexibility index (Phi) is 3.04. The maximum atomic E-state index is 11.6. The summed E-state index contributed by atoms with van der Waals surface area (Å²) in [6.45, 7) is 0.316. The summed E-state index contributed by atoms with van der Waals surface area (Å²) in [5.74, 6) is 0.402. The van der Waals surface area contributed by atoms with Crippen LogP contribution in [0, 0.1) is 0 Å². The number of carbonyl (C=O) groups is 1. The molecule has 0 aliphatic rings. The summed E-state index contributed by atoms with van der Waals surface area (Å²) in [6.07, 6.45) is 3.29. The quantitative estimate of drug-likeness (QED) is 0.876. The highest BCUT2D eigenvalue weighted by Crippen LogP contribution is 2.10. The Hall–Kier alpha value is -1.63. The van der Waals surface area contributed by atoms with E-state index in [1.165, 1.54) is 0 Å². The number of rotatable bonds is 3. The van der Waals surface area contributed by atoms with Crippen LogP contribution in [-0.2, 0) is 13.6 Å². The van der Waals surface area contributed by atoms with Gasteiger partial charge in [0.1, 0.15) is 12.0 Å². The molecule has 1 amide bonds. The molecule has 2 aromatic heterocycles. The maximum Gasteiger partial charge on any atom is 0.268 e. The van der Waals surface area contributed by atoms with E-state index in [9.17, 15) is 4.79 Å². The van der Waals surface area contributed by atoms with Crippen LogP contribution in [0.3, 0.4) is 0 Å². The molecular formula is C9H10BrN5O. The number of aromatic nitrogens is 4. The average Bonchev–Trinajstić information content (AvgIpc) is 2.84. The van der Waals surface area contributed by atoms with Gasteiger partial charge in [0.25, 0.3) is 5.91 Å². The van der Waals surface area contributed by atoms with Gasteiger partial charge in [0.05, 0.1) is 6.54 Å². The molecular weight excluding hydrogens is 274 g/mol. The molecule has 2 rings (SSSR count). The first-order valence-corrected chi connectivity index (χ1v) is 5.41. The normalized spacial score (nSPS) is 10.4. The minimum absolute atomic E-state index is 0.182. The molecule has 0 aliphatic carbocycles. The van der Waals surface area contributed by atoms with E-state index in [0.29, 0.717) is 18.1 Å². The molecule has 2 heterocycles. The van der Waals surface area contributed by atoms with E-state index >= 15 is 0 Å². The van der Waals surface area contributed by atoms with Gasteiger partial charge in [-0.1, -0.05) is 0 Å². The molecule has 0 spiro atoms. The third kappa shape index (κ3) is 2.48. The van der Waals surface area contributed by atoms with E-state index in [0.717, 1.165) is 4.47 Å². The van der Waals surface area contributed by atoms with E-state index in [1.54, 1.807) is 30.3 Å². The molecule has 84 valence electrons. The van der Waals surface area contributed by atoms with E-state index in [4.69, 9.17) is 0 Å². The van der Waals surface area contributed by atoms with Crippen LogP contribution in [0.25, 0.3) is 0 Å². The summed E-state index contributed by atoms with van der Waals surface area (Å²) in [5, 5.41) is 6.77. The molecule has 0 saturated heterocycles. The number of halogens is 1. The first-order chi connectivity index (χ1) is 7.65. The molecule has 0 radical (unpaired) electrons. The summed E-state index contributed by atoms with van der Waals surface area (Å²) in [6, 6.07) is 1.71. The molecule has 6 nitrogen and oxygen atoms in total. The van der Waals surface area contributed by atoms with Gasteiger partial charge in [-0.2, -0.15) is 5.10 Å². The summed E-state index contributed by atoms with van der Waals surface area (Å²) >= 11 is 3.26. The molecule has 16 heavy (non-hydrogen) atoms. The second-order valence-corrected chi connectivity index (χ2v) is 4.16. The van der Waals surface area contributed by atoms with Gasteiger partial charge < -0.3 is 10.3 Å². The van der Waals surface area contributed by atoms with Gasteiger partial charge in [-0.3, -0.25) is 9.48 Å². The summed E-state index contributed by atoms with van der Waals surface area (Å²) in [5.41, 5.74) is 0.503. The van der Waals surface area contributed by atoms with Crippen molar-refractivity contribution in [1.82, 2.24) is 25.1 Å². The van der Waals surface area contributed by atoms with Gasteiger partial charge in [-0.25, -0.2) is 4.98 Å². The minimum atomic E-state index is -0.182. The van der Waals surface area contributed by atoms with Crippen molar-refractivity contribution in [1.29, 1.82) is 0 Å². The Morgan fingerprint density at radius 1 is 1.69 bits per heavy atom. The number of carbonyl (C=O) groups excluding carboxylic acids is 1. The number of H-pyrrole nitrogens is 1. The SMILES string of the molecule is Cn1cnc(CNC(=O)c2cc(Br)c[nH]2)n1. The van der Waals surface area contributed by atoms with Crippen molar-refractivity contribution in [2.24, 2.45) is 7.05 Å². The van der Waals surface area contributed by atoms with Crippen molar-refractivity contribution in [3.05, 3.63) is 34.6 Å². The third-order valence-corrected chi connectivity index (χ3v) is 2.40. The molecule has 0 unspecified atom stereocenters. The molecule has 0 saturated carbocycles. The fraction of sp³-hybridized carbons (Fsp3) is 0.222. The molecule has 2 aromatic rings. The lowest BCUT2D eigenvalue weighted by Crippen LogP contribution is -2.23. The summed E-state index contributed by atoms with van der Waals surface area (Å²) in [4.78, 5) is 18.5. The summed E-state index contributed by atoms with van der Waals surface area (Å²) in [7, 11) is 1.78. The highest BCUT2D eigenvalue weighted by Gasteiger charge is 2.08. The zero-order valence-electron chi connectivity index (χ0n) is 8.57. The molecule has 0 bridgehead atoms. The Morgan fingerprint density at radius 2 is 2.50 bits per heavy atom. The first kappa shape index (κ1) is 10.9. The standard InChI is InChI=1S/C9H10BrN5O/c1-15-5-13-8(14-15)4-12-9(16)7-2-6(10)3-11-7/h2-3,5,11H,4H2,1H3,(H,12,16). The fourth-order valence-electron chi connectivity index (χ4n) is 1.22. The number of amides is 1. The zero-order chi connectivity index (χ0) is 11.5. The van der Waals surface area contributed by atoms with Gasteiger partial charge in [0, 0.05) is 17.7 Å². The molecule has 0 aromatic carbocycles. The first-order valence-electron chi connectivity index (χ1n) is 4.62. The van der Waals surface area contributed by atoms with Crippen LogP contribution >= 0.6 is 15.9 Å². The predicted molar refractivity (Wildman–Crippen MR) is 60.7 cm³/mol. The highest BCUT2D eigenvalue weighted by atomic mass is 79.9. The van der Waals surface area contributed by atoms with Gasteiger partial charge in [0.2, 0.25) is 0 Å². The second-order valence-electron chi connectivity index (χ2n) is 3.25. The van der Waals surface area contributed by atoms with Crippen molar-refractivity contribution in [3.8, 4) is 0 Å². The van der Waals surface area contributed by atoms with Crippen LogP contribution in [0.4, 0.5) is 0 Å². The molecule has 0 atom stereocenters. The molecule has 0 aliphatic heterocycles. The lowest BCUT2D eigenvalue weighted by Gasteiger charge is -1.99. The largest absolute Gasteiger partial charge is 0.356 e. The number of hydrogen-bond donors (Lipinski definition) is 2. The van der Waals surface area contributed by atoms with Crippen molar-refractivity contribution < 1.29 is 4.79 Å². The van der Waals surface area contributed by atoms with Gasteiger partial charge in [-0.15, -0.1) is 0 Å². The number of aryl methyl sites for hydroxylation is 1. The maximum absolute atomic E-state index is 11.6. The number of nitrogens with zero attached hydrogens (tertiary/aromatic N) is 3. The van der Waals surface area contributed by atoms with Crippen LogP contribution in [0.15, 0.2) is 23.1 Å². The van der Waals surface area contributed by atoms with Crippen LogP contribution in [0.5, 0.6) is 0 Å². The fourth-order valence-corrected chi connectivity index (χ4v) is 1.56. The van der Waals surface area contributed by atoms with Crippen LogP contribution in [-0.4, -0.2) is 25.7 Å². The minimum Gasteiger partial charge on any atom is -0.356 e. The van der Waals surface area contributed by atoms with Crippen LogP contribution < -0.4 is 5.32 Å².